The number of aromatic nitrogens is 4. The zero-order valence-corrected chi connectivity index (χ0v) is 13.1. The van der Waals surface area contributed by atoms with Crippen molar-refractivity contribution in [1.29, 1.82) is 0 Å². The Morgan fingerprint density at radius 3 is 2.91 bits per heavy atom. The zero-order valence-electron chi connectivity index (χ0n) is 13.1. The summed E-state index contributed by atoms with van der Waals surface area (Å²) < 4.78 is 6.98. The third-order valence-corrected chi connectivity index (χ3v) is 4.34. The Morgan fingerprint density at radius 1 is 1.22 bits per heavy atom. The van der Waals surface area contributed by atoms with Crippen molar-refractivity contribution < 1.29 is 4.42 Å². The summed E-state index contributed by atoms with van der Waals surface area (Å²) >= 11 is 0. The molecule has 0 saturated heterocycles. The Hall–Kier alpha value is -2.47. The zero-order chi connectivity index (χ0) is 15.6. The van der Waals surface area contributed by atoms with Gasteiger partial charge in [-0.1, -0.05) is 0 Å². The Kier molecular flexibility index (Phi) is 3.67. The third-order valence-electron chi connectivity index (χ3n) is 4.34. The summed E-state index contributed by atoms with van der Waals surface area (Å²) in [6, 6.07) is 2.03. The Labute approximate surface area is 134 Å². The lowest BCUT2D eigenvalue weighted by atomic mass is 10.0. The smallest absolute Gasteiger partial charge is 0.116 e. The fourth-order valence-corrected chi connectivity index (χ4v) is 3.16. The van der Waals surface area contributed by atoms with Crippen LogP contribution in [0.5, 0.6) is 0 Å². The van der Waals surface area contributed by atoms with Crippen molar-refractivity contribution in [3.63, 3.8) is 0 Å². The van der Waals surface area contributed by atoms with Crippen LogP contribution >= 0.6 is 0 Å². The van der Waals surface area contributed by atoms with E-state index in [1.54, 1.807) is 12.6 Å². The number of furan rings is 1. The van der Waals surface area contributed by atoms with Crippen LogP contribution in [0.3, 0.4) is 0 Å². The predicted molar refractivity (Wildman–Crippen MR) is 85.6 cm³/mol. The van der Waals surface area contributed by atoms with Crippen LogP contribution in [0.4, 0.5) is 0 Å². The van der Waals surface area contributed by atoms with Crippen LogP contribution in [-0.2, 0) is 26.4 Å². The van der Waals surface area contributed by atoms with Gasteiger partial charge in [0.05, 0.1) is 24.4 Å². The fourth-order valence-electron chi connectivity index (χ4n) is 3.16. The molecule has 4 rings (SSSR count). The van der Waals surface area contributed by atoms with Gasteiger partial charge in [0, 0.05) is 61.7 Å². The maximum atomic E-state index is 5.17. The summed E-state index contributed by atoms with van der Waals surface area (Å²) in [6.45, 7) is 2.92. The molecule has 3 aromatic heterocycles. The molecule has 1 aliphatic heterocycles. The van der Waals surface area contributed by atoms with E-state index in [4.69, 9.17) is 4.42 Å². The van der Waals surface area contributed by atoms with Crippen LogP contribution in [0.2, 0.25) is 0 Å². The summed E-state index contributed by atoms with van der Waals surface area (Å²) in [6.07, 6.45) is 11.0. The van der Waals surface area contributed by atoms with E-state index in [1.165, 1.54) is 11.1 Å². The number of hydrogen-bond donors (Lipinski definition) is 0. The van der Waals surface area contributed by atoms with E-state index in [1.807, 2.05) is 36.5 Å². The molecule has 6 heteroatoms. The molecular weight excluding hydrogens is 290 g/mol. The molecule has 0 spiro atoms. The molecule has 0 unspecified atom stereocenters. The normalized spacial score (nSPS) is 15.3. The highest BCUT2D eigenvalue weighted by Crippen LogP contribution is 2.25. The van der Waals surface area contributed by atoms with Crippen molar-refractivity contribution in [2.75, 3.05) is 13.1 Å². The van der Waals surface area contributed by atoms with Gasteiger partial charge in [-0.15, -0.1) is 0 Å². The van der Waals surface area contributed by atoms with Crippen molar-refractivity contribution in [3.8, 4) is 11.3 Å². The highest BCUT2D eigenvalue weighted by Gasteiger charge is 2.20. The van der Waals surface area contributed by atoms with Crippen LogP contribution < -0.4 is 0 Å². The molecule has 3 aromatic rings. The lowest BCUT2D eigenvalue weighted by molar-refractivity contribution is 0.278. The molecule has 0 aromatic carbocycles. The number of fused-ring (bicyclic) bond motifs is 1. The second-order valence-electron chi connectivity index (χ2n) is 5.96. The maximum absolute atomic E-state index is 5.17. The number of hydrogen-bond acceptors (Lipinski definition) is 5. The van der Waals surface area contributed by atoms with Crippen molar-refractivity contribution in [1.82, 2.24) is 24.6 Å². The van der Waals surface area contributed by atoms with Crippen LogP contribution in [-0.4, -0.2) is 37.7 Å². The van der Waals surface area contributed by atoms with Crippen LogP contribution in [0, 0.1) is 0 Å². The highest BCUT2D eigenvalue weighted by atomic mass is 16.3. The van der Waals surface area contributed by atoms with Gasteiger partial charge in [-0.25, -0.2) is 9.97 Å². The molecule has 0 saturated carbocycles. The standard InChI is InChI=1S/C17H19N5O/c1-21-10-14(8-20-21)17-15-2-5-22(9-13-4-7-23-11-13)6-3-16(15)18-12-19-17/h4,7-8,10-12H,2-3,5-6,9H2,1H3. The van der Waals surface area contributed by atoms with Gasteiger partial charge in [-0.05, 0) is 12.5 Å². The quantitative estimate of drug-likeness (QED) is 0.741. The summed E-state index contributed by atoms with van der Waals surface area (Å²) in [5.74, 6) is 0. The van der Waals surface area contributed by atoms with Crippen LogP contribution in [0.25, 0.3) is 11.3 Å². The number of rotatable bonds is 3. The monoisotopic (exact) mass is 309 g/mol. The second-order valence-corrected chi connectivity index (χ2v) is 5.96. The summed E-state index contributed by atoms with van der Waals surface area (Å²) in [5.41, 5.74) is 5.72. The Balaban J connectivity index is 1.59. The van der Waals surface area contributed by atoms with E-state index >= 15 is 0 Å². The van der Waals surface area contributed by atoms with Gasteiger partial charge in [0.2, 0.25) is 0 Å². The van der Waals surface area contributed by atoms with Crippen LogP contribution in [0.15, 0.2) is 41.7 Å². The van der Waals surface area contributed by atoms with E-state index in [9.17, 15) is 0 Å². The minimum absolute atomic E-state index is 0.917. The molecule has 0 aliphatic carbocycles. The number of aryl methyl sites for hydroxylation is 1. The topological polar surface area (TPSA) is 60.0 Å². The van der Waals surface area contributed by atoms with Gasteiger partial charge in [0.25, 0.3) is 0 Å². The molecule has 23 heavy (non-hydrogen) atoms. The van der Waals surface area contributed by atoms with E-state index in [0.29, 0.717) is 0 Å². The van der Waals surface area contributed by atoms with Crippen LogP contribution in [0.1, 0.15) is 16.8 Å². The summed E-state index contributed by atoms with van der Waals surface area (Å²) in [5, 5.41) is 4.27. The molecule has 0 N–H and O–H groups in total. The van der Waals surface area contributed by atoms with Crippen molar-refractivity contribution >= 4 is 0 Å². The molecule has 118 valence electrons. The van der Waals surface area contributed by atoms with Crippen molar-refractivity contribution in [3.05, 3.63) is 54.1 Å². The molecule has 0 amide bonds. The van der Waals surface area contributed by atoms with E-state index in [2.05, 4.69) is 20.0 Å². The van der Waals surface area contributed by atoms with E-state index < -0.39 is 0 Å². The first-order valence-corrected chi connectivity index (χ1v) is 7.85. The molecule has 0 fully saturated rings. The van der Waals surface area contributed by atoms with Gasteiger partial charge >= 0.3 is 0 Å². The predicted octanol–water partition coefficient (Wildman–Crippen LogP) is 2.07. The second kappa shape index (κ2) is 5.96. The maximum Gasteiger partial charge on any atom is 0.116 e. The molecule has 0 atom stereocenters. The Morgan fingerprint density at radius 2 is 2.13 bits per heavy atom. The largest absolute Gasteiger partial charge is 0.472 e. The minimum atomic E-state index is 0.917. The van der Waals surface area contributed by atoms with Gasteiger partial charge in [-0.3, -0.25) is 9.58 Å². The van der Waals surface area contributed by atoms with E-state index in [-0.39, 0.29) is 0 Å². The first-order valence-electron chi connectivity index (χ1n) is 7.85. The molecule has 4 heterocycles. The SMILES string of the molecule is Cn1cc(-c2ncnc3c2CCN(Cc2ccoc2)CC3)cn1. The first-order chi connectivity index (χ1) is 11.3. The summed E-state index contributed by atoms with van der Waals surface area (Å²) in [4.78, 5) is 11.5. The first kappa shape index (κ1) is 14.1. The van der Waals surface area contributed by atoms with Gasteiger partial charge in [-0.2, -0.15) is 5.10 Å². The minimum Gasteiger partial charge on any atom is -0.472 e. The van der Waals surface area contributed by atoms with Crippen molar-refractivity contribution in [2.24, 2.45) is 7.05 Å². The van der Waals surface area contributed by atoms with Crippen molar-refractivity contribution in [2.45, 2.75) is 19.4 Å². The van der Waals surface area contributed by atoms with E-state index in [0.717, 1.165) is 49.4 Å². The molecule has 0 radical (unpaired) electrons. The molecular formula is C17H19N5O. The average Bonchev–Trinajstić information content (AvgIpc) is 3.17. The fraction of sp³-hybridized carbons (Fsp3) is 0.353. The number of nitrogens with zero attached hydrogens (tertiary/aromatic N) is 5. The van der Waals surface area contributed by atoms with Gasteiger partial charge < -0.3 is 4.42 Å². The van der Waals surface area contributed by atoms with Gasteiger partial charge in [0.15, 0.2) is 0 Å². The summed E-state index contributed by atoms with van der Waals surface area (Å²) in [7, 11) is 1.93. The molecule has 0 bridgehead atoms. The third kappa shape index (κ3) is 2.90. The Bertz CT molecular complexity index is 793. The average molecular weight is 309 g/mol. The lowest BCUT2D eigenvalue weighted by Gasteiger charge is -2.18. The highest BCUT2D eigenvalue weighted by molar-refractivity contribution is 5.62. The van der Waals surface area contributed by atoms with Gasteiger partial charge in [0.1, 0.15) is 6.33 Å². The molecule has 6 nitrogen and oxygen atoms in total. The lowest BCUT2D eigenvalue weighted by Crippen LogP contribution is -2.25. The molecule has 1 aliphatic rings.